The van der Waals surface area contributed by atoms with E-state index < -0.39 is 12.6 Å². The van der Waals surface area contributed by atoms with Crippen molar-refractivity contribution < 1.29 is 13.2 Å². The summed E-state index contributed by atoms with van der Waals surface area (Å²) in [6.45, 7) is 3.72. The molecule has 0 saturated carbocycles. The largest absolute Gasteiger partial charge is 0.393 e. The van der Waals surface area contributed by atoms with Crippen LogP contribution < -0.4 is 5.73 Å². The van der Waals surface area contributed by atoms with Crippen molar-refractivity contribution in [1.29, 1.82) is 0 Å². The van der Waals surface area contributed by atoms with Crippen LogP contribution in [-0.2, 0) is 0 Å². The average molecular weight is 242 g/mol. The molecule has 0 aromatic heterocycles. The van der Waals surface area contributed by atoms with E-state index in [1.165, 1.54) is 0 Å². The third-order valence-electron chi connectivity index (χ3n) is 2.06. The van der Waals surface area contributed by atoms with E-state index in [0.717, 1.165) is 6.54 Å². The Balaban J connectivity index is 3.66. The molecule has 15 heavy (non-hydrogen) atoms. The predicted octanol–water partition coefficient (Wildman–Crippen LogP) is 2.33. The van der Waals surface area contributed by atoms with Crippen molar-refractivity contribution >= 4 is 17.2 Å². The van der Waals surface area contributed by atoms with Gasteiger partial charge in [0, 0.05) is 19.4 Å². The van der Waals surface area contributed by atoms with Gasteiger partial charge in [0.15, 0.2) is 0 Å². The van der Waals surface area contributed by atoms with Crippen molar-refractivity contribution in [2.75, 3.05) is 19.6 Å². The molecule has 0 bridgehead atoms. The van der Waals surface area contributed by atoms with E-state index in [-0.39, 0.29) is 6.42 Å². The topological polar surface area (TPSA) is 29.3 Å². The zero-order chi connectivity index (χ0) is 11.9. The lowest BCUT2D eigenvalue weighted by molar-refractivity contribution is -0.136. The number of hydrogen-bond donors (Lipinski definition) is 1. The van der Waals surface area contributed by atoms with Crippen LogP contribution in [-0.4, -0.2) is 35.7 Å². The van der Waals surface area contributed by atoms with Gasteiger partial charge in [-0.2, -0.15) is 13.2 Å². The Labute approximate surface area is 93.6 Å². The van der Waals surface area contributed by atoms with E-state index in [1.54, 1.807) is 0 Å². The fourth-order valence-electron chi connectivity index (χ4n) is 1.20. The van der Waals surface area contributed by atoms with Crippen molar-refractivity contribution in [2.45, 2.75) is 32.4 Å². The summed E-state index contributed by atoms with van der Waals surface area (Å²) >= 11 is 4.70. The molecule has 2 N–H and O–H groups in total. The maximum atomic E-state index is 11.9. The van der Waals surface area contributed by atoms with E-state index in [1.807, 2.05) is 11.8 Å². The number of halogens is 3. The number of thiocarbonyl (C=S) groups is 1. The number of nitrogens with two attached hydrogens (primary N) is 1. The second-order valence-corrected chi connectivity index (χ2v) is 3.89. The van der Waals surface area contributed by atoms with Gasteiger partial charge in [0.1, 0.15) is 0 Å². The third kappa shape index (κ3) is 9.93. The Morgan fingerprint density at radius 1 is 1.33 bits per heavy atom. The van der Waals surface area contributed by atoms with Crippen LogP contribution in [0.3, 0.4) is 0 Å². The summed E-state index contributed by atoms with van der Waals surface area (Å²) in [5.74, 6) is 0. The van der Waals surface area contributed by atoms with Gasteiger partial charge in [-0.3, -0.25) is 0 Å². The van der Waals surface area contributed by atoms with Crippen LogP contribution in [0.2, 0.25) is 0 Å². The highest BCUT2D eigenvalue weighted by atomic mass is 32.1. The first kappa shape index (κ1) is 14.6. The molecule has 0 amide bonds. The summed E-state index contributed by atoms with van der Waals surface area (Å²) < 4.78 is 35.6. The molecule has 0 radical (unpaired) electrons. The molecule has 0 atom stereocenters. The average Bonchev–Trinajstić information content (AvgIpc) is 2.08. The summed E-state index contributed by atoms with van der Waals surface area (Å²) in [7, 11) is 0. The second kappa shape index (κ2) is 7.00. The maximum absolute atomic E-state index is 11.9. The fraction of sp³-hybridized carbons (Fsp3) is 0.889. The standard InChI is InChI=1S/C9H17F3N2S/c1-2-14(7-4-8(13)15)6-3-5-9(10,11)12/h2-7H2,1H3,(H2,13,15). The van der Waals surface area contributed by atoms with Gasteiger partial charge in [-0.05, 0) is 19.5 Å². The highest BCUT2D eigenvalue weighted by Gasteiger charge is 2.26. The van der Waals surface area contributed by atoms with Crippen LogP contribution >= 0.6 is 12.2 Å². The zero-order valence-electron chi connectivity index (χ0n) is 8.81. The first-order valence-corrected chi connectivity index (χ1v) is 5.33. The normalized spacial score (nSPS) is 12.1. The quantitative estimate of drug-likeness (QED) is 0.695. The lowest BCUT2D eigenvalue weighted by atomic mass is 10.2. The molecule has 6 heteroatoms. The van der Waals surface area contributed by atoms with E-state index in [2.05, 4.69) is 0 Å². The predicted molar refractivity (Wildman–Crippen MR) is 58.8 cm³/mol. The molecule has 90 valence electrons. The Morgan fingerprint density at radius 3 is 2.33 bits per heavy atom. The third-order valence-corrected chi connectivity index (χ3v) is 2.26. The molecular formula is C9H17F3N2S. The molecule has 0 aromatic carbocycles. The molecule has 0 spiro atoms. The van der Waals surface area contributed by atoms with Gasteiger partial charge >= 0.3 is 6.18 Å². The summed E-state index contributed by atoms with van der Waals surface area (Å²) in [6, 6.07) is 0. The Morgan fingerprint density at radius 2 is 1.93 bits per heavy atom. The van der Waals surface area contributed by atoms with Crippen LogP contribution in [0, 0.1) is 0 Å². The number of alkyl halides is 3. The van der Waals surface area contributed by atoms with Gasteiger partial charge in [-0.1, -0.05) is 19.1 Å². The smallest absolute Gasteiger partial charge is 0.389 e. The van der Waals surface area contributed by atoms with Gasteiger partial charge in [0.2, 0.25) is 0 Å². The van der Waals surface area contributed by atoms with Crippen LogP contribution in [0.1, 0.15) is 26.2 Å². The molecule has 0 aliphatic heterocycles. The number of hydrogen-bond acceptors (Lipinski definition) is 2. The molecule has 0 rings (SSSR count). The number of nitrogens with zero attached hydrogens (tertiary/aromatic N) is 1. The molecule has 2 nitrogen and oxygen atoms in total. The molecule has 0 aliphatic rings. The zero-order valence-corrected chi connectivity index (χ0v) is 9.63. The summed E-state index contributed by atoms with van der Waals surface area (Å²) in [6.07, 6.45) is -4.08. The molecule has 0 unspecified atom stereocenters. The van der Waals surface area contributed by atoms with Crippen molar-refractivity contribution in [3.63, 3.8) is 0 Å². The second-order valence-electron chi connectivity index (χ2n) is 3.37. The molecule has 0 saturated heterocycles. The first-order chi connectivity index (χ1) is 6.85. The first-order valence-electron chi connectivity index (χ1n) is 4.92. The molecule has 0 fully saturated rings. The van der Waals surface area contributed by atoms with E-state index in [9.17, 15) is 13.2 Å². The SMILES string of the molecule is CCN(CCCC(F)(F)F)CCC(N)=S. The monoisotopic (exact) mass is 242 g/mol. The highest BCUT2D eigenvalue weighted by molar-refractivity contribution is 7.80. The lowest BCUT2D eigenvalue weighted by Gasteiger charge is -2.20. The summed E-state index contributed by atoms with van der Waals surface area (Å²) in [4.78, 5) is 2.33. The molecular weight excluding hydrogens is 225 g/mol. The Bertz CT molecular complexity index is 194. The van der Waals surface area contributed by atoms with E-state index in [4.69, 9.17) is 18.0 Å². The molecule has 0 aliphatic carbocycles. The van der Waals surface area contributed by atoms with Gasteiger partial charge in [0.25, 0.3) is 0 Å². The van der Waals surface area contributed by atoms with Crippen LogP contribution in [0.4, 0.5) is 13.2 Å². The maximum Gasteiger partial charge on any atom is 0.389 e. The van der Waals surface area contributed by atoms with Crippen LogP contribution in [0.5, 0.6) is 0 Å². The van der Waals surface area contributed by atoms with Gasteiger partial charge in [0.05, 0.1) is 4.99 Å². The van der Waals surface area contributed by atoms with E-state index in [0.29, 0.717) is 24.5 Å². The van der Waals surface area contributed by atoms with E-state index >= 15 is 0 Å². The Hall–Kier alpha value is -0.360. The van der Waals surface area contributed by atoms with Crippen molar-refractivity contribution in [3.8, 4) is 0 Å². The van der Waals surface area contributed by atoms with Crippen molar-refractivity contribution in [3.05, 3.63) is 0 Å². The van der Waals surface area contributed by atoms with Gasteiger partial charge in [-0.25, -0.2) is 0 Å². The van der Waals surface area contributed by atoms with Crippen LogP contribution in [0.25, 0.3) is 0 Å². The van der Waals surface area contributed by atoms with Crippen molar-refractivity contribution in [2.24, 2.45) is 5.73 Å². The minimum Gasteiger partial charge on any atom is -0.393 e. The van der Waals surface area contributed by atoms with Crippen LogP contribution in [0.15, 0.2) is 0 Å². The fourth-order valence-corrected chi connectivity index (χ4v) is 1.29. The molecule has 0 aromatic rings. The Kier molecular flexibility index (Phi) is 6.84. The summed E-state index contributed by atoms with van der Waals surface area (Å²) in [5, 5.41) is 0. The number of rotatable bonds is 7. The highest BCUT2D eigenvalue weighted by Crippen LogP contribution is 2.21. The van der Waals surface area contributed by atoms with Crippen molar-refractivity contribution in [1.82, 2.24) is 4.90 Å². The van der Waals surface area contributed by atoms with Gasteiger partial charge < -0.3 is 10.6 Å². The van der Waals surface area contributed by atoms with Gasteiger partial charge in [-0.15, -0.1) is 0 Å². The molecule has 0 heterocycles. The minimum absolute atomic E-state index is 0.134. The lowest BCUT2D eigenvalue weighted by Crippen LogP contribution is -2.29. The minimum atomic E-state index is -4.05. The summed E-state index contributed by atoms with van der Waals surface area (Å²) in [5.41, 5.74) is 5.32.